The van der Waals surface area contributed by atoms with Crippen molar-refractivity contribution >= 4 is 17.3 Å². The van der Waals surface area contributed by atoms with Gasteiger partial charge in [-0.15, -0.1) is 0 Å². The Balaban J connectivity index is 1.57. The number of pyridine rings is 1. The Morgan fingerprint density at radius 2 is 2.17 bits per heavy atom. The van der Waals surface area contributed by atoms with E-state index in [2.05, 4.69) is 10.3 Å². The summed E-state index contributed by atoms with van der Waals surface area (Å²) in [6, 6.07) is 1.89. The fourth-order valence-corrected chi connectivity index (χ4v) is 2.48. The molecule has 18 heavy (non-hydrogen) atoms. The molecule has 1 aromatic rings. The van der Waals surface area contributed by atoms with E-state index in [9.17, 15) is 0 Å². The summed E-state index contributed by atoms with van der Waals surface area (Å²) in [5, 5.41) is 3.97. The van der Waals surface area contributed by atoms with Gasteiger partial charge >= 0.3 is 0 Å². The molecule has 1 aliphatic carbocycles. The van der Waals surface area contributed by atoms with E-state index in [-0.39, 0.29) is 0 Å². The van der Waals surface area contributed by atoms with E-state index < -0.39 is 0 Å². The number of ether oxygens (including phenoxy) is 1. The van der Waals surface area contributed by atoms with Crippen molar-refractivity contribution in [1.29, 1.82) is 0 Å². The Kier molecular flexibility index (Phi) is 5.75. The van der Waals surface area contributed by atoms with Crippen LogP contribution in [-0.4, -0.2) is 24.2 Å². The topological polar surface area (TPSA) is 34.2 Å². The number of nitrogens with one attached hydrogen (secondary N) is 1. The second-order valence-electron chi connectivity index (χ2n) is 4.77. The predicted molar refractivity (Wildman–Crippen MR) is 75.2 cm³/mol. The van der Waals surface area contributed by atoms with E-state index in [4.69, 9.17) is 16.3 Å². The zero-order valence-electron chi connectivity index (χ0n) is 10.7. The van der Waals surface area contributed by atoms with Crippen LogP contribution in [0.5, 0.6) is 0 Å². The van der Waals surface area contributed by atoms with Crippen molar-refractivity contribution in [3.05, 3.63) is 23.5 Å². The summed E-state index contributed by atoms with van der Waals surface area (Å²) in [7, 11) is 0. The molecule has 0 aliphatic heterocycles. The van der Waals surface area contributed by atoms with Crippen LogP contribution in [0.3, 0.4) is 0 Å². The van der Waals surface area contributed by atoms with Gasteiger partial charge in [-0.3, -0.25) is 4.98 Å². The number of aromatic nitrogens is 1. The largest absolute Gasteiger partial charge is 0.384 e. The molecule has 0 amide bonds. The van der Waals surface area contributed by atoms with E-state index in [0.717, 1.165) is 25.3 Å². The second-order valence-corrected chi connectivity index (χ2v) is 5.17. The third-order valence-electron chi connectivity index (χ3n) is 3.31. The van der Waals surface area contributed by atoms with Gasteiger partial charge in [-0.1, -0.05) is 30.9 Å². The van der Waals surface area contributed by atoms with Crippen LogP contribution in [-0.2, 0) is 4.74 Å². The highest BCUT2D eigenvalue weighted by Gasteiger charge is 2.12. The zero-order valence-corrected chi connectivity index (χ0v) is 11.5. The Morgan fingerprint density at radius 1 is 1.33 bits per heavy atom. The lowest BCUT2D eigenvalue weighted by Gasteiger charge is -2.22. The van der Waals surface area contributed by atoms with Gasteiger partial charge in [0, 0.05) is 25.5 Å². The quantitative estimate of drug-likeness (QED) is 0.795. The number of hydrogen-bond donors (Lipinski definition) is 1. The summed E-state index contributed by atoms with van der Waals surface area (Å²) in [4.78, 5) is 3.95. The van der Waals surface area contributed by atoms with Crippen molar-refractivity contribution in [2.45, 2.75) is 44.6 Å². The molecule has 0 atom stereocenters. The van der Waals surface area contributed by atoms with Gasteiger partial charge in [-0.05, 0) is 25.3 Å². The van der Waals surface area contributed by atoms with Crippen LogP contribution in [0.4, 0.5) is 5.69 Å². The maximum atomic E-state index is 6.00. The van der Waals surface area contributed by atoms with E-state index in [1.165, 1.54) is 32.1 Å². The molecule has 0 unspecified atom stereocenters. The van der Waals surface area contributed by atoms with Crippen LogP contribution < -0.4 is 5.32 Å². The van der Waals surface area contributed by atoms with E-state index in [1.54, 1.807) is 12.4 Å². The molecule has 1 aromatic heterocycles. The summed E-state index contributed by atoms with van der Waals surface area (Å²) in [6.45, 7) is 1.72. The van der Waals surface area contributed by atoms with Gasteiger partial charge in [0.2, 0.25) is 0 Å². The van der Waals surface area contributed by atoms with Crippen LogP contribution in [0.25, 0.3) is 0 Å². The first-order chi connectivity index (χ1) is 8.86. The Morgan fingerprint density at radius 3 is 2.94 bits per heavy atom. The fourth-order valence-electron chi connectivity index (χ4n) is 2.30. The molecule has 2 rings (SSSR count). The molecule has 0 radical (unpaired) electrons. The molecule has 0 aromatic carbocycles. The molecule has 0 bridgehead atoms. The lowest BCUT2D eigenvalue weighted by molar-refractivity contribution is 0.0284. The smallest absolute Gasteiger partial charge is 0.0820 e. The minimum absolute atomic E-state index is 0.503. The van der Waals surface area contributed by atoms with Crippen molar-refractivity contribution in [3.63, 3.8) is 0 Å². The van der Waals surface area contributed by atoms with Gasteiger partial charge in [0.25, 0.3) is 0 Å². The first-order valence-corrected chi connectivity index (χ1v) is 7.19. The highest BCUT2D eigenvalue weighted by atomic mass is 35.5. The average molecular weight is 269 g/mol. The van der Waals surface area contributed by atoms with Gasteiger partial charge in [-0.25, -0.2) is 0 Å². The van der Waals surface area contributed by atoms with Crippen molar-refractivity contribution in [1.82, 2.24) is 4.98 Å². The van der Waals surface area contributed by atoms with Crippen molar-refractivity contribution in [2.24, 2.45) is 0 Å². The highest BCUT2D eigenvalue weighted by Crippen LogP contribution is 2.21. The molecule has 3 nitrogen and oxygen atoms in total. The molecule has 1 saturated carbocycles. The SMILES string of the molecule is Clc1cnccc1NCCCOC1CCCCC1. The molecule has 4 heteroatoms. The number of halogens is 1. The first kappa shape index (κ1) is 13.6. The lowest BCUT2D eigenvalue weighted by Crippen LogP contribution is -2.18. The molecular formula is C14H21ClN2O. The van der Waals surface area contributed by atoms with Gasteiger partial charge in [0.1, 0.15) is 0 Å². The van der Waals surface area contributed by atoms with Crippen LogP contribution >= 0.6 is 11.6 Å². The molecule has 1 N–H and O–H groups in total. The van der Waals surface area contributed by atoms with Crippen molar-refractivity contribution in [3.8, 4) is 0 Å². The van der Waals surface area contributed by atoms with E-state index in [1.807, 2.05) is 6.07 Å². The second kappa shape index (κ2) is 7.59. The lowest BCUT2D eigenvalue weighted by atomic mass is 9.98. The van der Waals surface area contributed by atoms with Gasteiger partial charge in [0.05, 0.1) is 16.8 Å². The normalized spacial score (nSPS) is 16.7. The summed E-state index contributed by atoms with van der Waals surface area (Å²) >= 11 is 6.00. The van der Waals surface area contributed by atoms with Crippen molar-refractivity contribution < 1.29 is 4.74 Å². The van der Waals surface area contributed by atoms with Crippen LogP contribution in [0.15, 0.2) is 18.5 Å². The molecule has 1 aliphatic rings. The number of nitrogens with zero attached hydrogens (tertiary/aromatic N) is 1. The maximum absolute atomic E-state index is 6.00. The first-order valence-electron chi connectivity index (χ1n) is 6.81. The molecule has 0 spiro atoms. The number of hydrogen-bond acceptors (Lipinski definition) is 3. The summed E-state index contributed by atoms with van der Waals surface area (Å²) in [6.07, 6.45) is 11.4. The number of rotatable bonds is 6. The molecule has 100 valence electrons. The van der Waals surface area contributed by atoms with Gasteiger partial charge in [-0.2, -0.15) is 0 Å². The van der Waals surface area contributed by atoms with Crippen LogP contribution in [0.2, 0.25) is 5.02 Å². The molecule has 1 heterocycles. The highest BCUT2D eigenvalue weighted by molar-refractivity contribution is 6.33. The Labute approximate surface area is 114 Å². The summed E-state index contributed by atoms with van der Waals surface area (Å²) in [5.74, 6) is 0. The van der Waals surface area contributed by atoms with E-state index >= 15 is 0 Å². The third-order valence-corrected chi connectivity index (χ3v) is 3.62. The van der Waals surface area contributed by atoms with Gasteiger partial charge in [0.15, 0.2) is 0 Å². The maximum Gasteiger partial charge on any atom is 0.0820 e. The van der Waals surface area contributed by atoms with E-state index in [0.29, 0.717) is 11.1 Å². The summed E-state index contributed by atoms with van der Waals surface area (Å²) in [5.41, 5.74) is 0.948. The molecule has 0 saturated heterocycles. The van der Waals surface area contributed by atoms with Crippen LogP contribution in [0.1, 0.15) is 38.5 Å². The van der Waals surface area contributed by atoms with Crippen LogP contribution in [0, 0.1) is 0 Å². The third kappa shape index (κ3) is 4.46. The Bertz CT molecular complexity index is 353. The average Bonchev–Trinajstić information content (AvgIpc) is 2.42. The van der Waals surface area contributed by atoms with Gasteiger partial charge < -0.3 is 10.1 Å². The molecular weight excluding hydrogens is 248 g/mol. The standard InChI is InChI=1S/C14H21ClN2O/c15-13-11-16-9-7-14(13)17-8-4-10-18-12-5-2-1-3-6-12/h7,9,11-12H,1-6,8,10H2,(H,16,17). The minimum Gasteiger partial charge on any atom is -0.384 e. The fraction of sp³-hybridized carbons (Fsp3) is 0.643. The molecule has 1 fully saturated rings. The monoisotopic (exact) mass is 268 g/mol. The predicted octanol–water partition coefficient (Wildman–Crippen LogP) is 3.89. The minimum atomic E-state index is 0.503. The Hall–Kier alpha value is -0.800. The number of anilines is 1. The summed E-state index contributed by atoms with van der Waals surface area (Å²) < 4.78 is 5.87. The zero-order chi connectivity index (χ0) is 12.6. The van der Waals surface area contributed by atoms with Crippen molar-refractivity contribution in [2.75, 3.05) is 18.5 Å².